The zero-order valence-corrected chi connectivity index (χ0v) is 14.9. The summed E-state index contributed by atoms with van der Waals surface area (Å²) in [6.45, 7) is 6.71. The van der Waals surface area contributed by atoms with E-state index in [4.69, 9.17) is 5.11 Å². The van der Waals surface area contributed by atoms with E-state index in [9.17, 15) is 0 Å². The van der Waals surface area contributed by atoms with Gasteiger partial charge in [0.25, 0.3) is 0 Å². The third kappa shape index (κ3) is 3.70. The van der Waals surface area contributed by atoms with Gasteiger partial charge in [0, 0.05) is 12.1 Å². The zero-order chi connectivity index (χ0) is 15.7. The van der Waals surface area contributed by atoms with Crippen molar-refractivity contribution >= 4 is 0 Å². The predicted molar refractivity (Wildman–Crippen MR) is 92.9 cm³/mol. The fourth-order valence-corrected chi connectivity index (χ4v) is 6.94. The second-order valence-electron chi connectivity index (χ2n) is 9.68. The molecule has 0 aliphatic heterocycles. The lowest BCUT2D eigenvalue weighted by Gasteiger charge is -2.65. The third-order valence-corrected chi connectivity index (χ3v) is 6.71. The number of hydrogen-bond acceptors (Lipinski definition) is 2. The maximum absolute atomic E-state index is 8.79. The van der Waals surface area contributed by atoms with E-state index < -0.39 is 0 Å². The summed E-state index contributed by atoms with van der Waals surface area (Å²) >= 11 is 0. The summed E-state index contributed by atoms with van der Waals surface area (Å²) in [7, 11) is 0. The van der Waals surface area contributed by atoms with Crippen LogP contribution in [0.3, 0.4) is 0 Å². The van der Waals surface area contributed by atoms with Crippen LogP contribution in [0.5, 0.6) is 0 Å². The number of aliphatic hydroxyl groups excluding tert-OH is 1. The summed E-state index contributed by atoms with van der Waals surface area (Å²) < 4.78 is 0. The van der Waals surface area contributed by atoms with Crippen molar-refractivity contribution in [1.82, 2.24) is 5.32 Å². The van der Waals surface area contributed by atoms with Gasteiger partial charge in [-0.1, -0.05) is 39.5 Å². The highest BCUT2D eigenvalue weighted by atomic mass is 16.2. The molecule has 0 radical (unpaired) electrons. The second kappa shape index (κ2) is 6.43. The molecule has 4 rings (SSSR count). The van der Waals surface area contributed by atoms with E-state index in [0.29, 0.717) is 23.0 Å². The molecular formula is C20H37NO. The van der Waals surface area contributed by atoms with Gasteiger partial charge in [-0.15, -0.1) is 0 Å². The minimum atomic E-state index is 0.364. The van der Waals surface area contributed by atoms with Gasteiger partial charge >= 0.3 is 0 Å². The highest BCUT2D eigenvalue weighted by molar-refractivity contribution is 5.14. The van der Waals surface area contributed by atoms with Crippen molar-refractivity contribution in [2.45, 2.75) is 96.4 Å². The number of hydrogen-bond donors (Lipinski definition) is 2. The Balaban J connectivity index is 1.41. The van der Waals surface area contributed by atoms with Gasteiger partial charge in [0.1, 0.15) is 0 Å². The molecule has 2 heteroatoms. The molecule has 0 saturated heterocycles. The molecule has 0 heterocycles. The van der Waals surface area contributed by atoms with Crippen LogP contribution >= 0.6 is 0 Å². The lowest BCUT2D eigenvalue weighted by Crippen LogP contribution is -2.64. The Morgan fingerprint density at radius 2 is 1.41 bits per heavy atom. The second-order valence-corrected chi connectivity index (χ2v) is 9.68. The van der Waals surface area contributed by atoms with Crippen LogP contribution in [0.15, 0.2) is 0 Å². The van der Waals surface area contributed by atoms with Crippen LogP contribution in [-0.4, -0.2) is 23.8 Å². The maximum Gasteiger partial charge on any atom is 0.0431 e. The first-order chi connectivity index (χ1) is 10.5. The summed E-state index contributed by atoms with van der Waals surface area (Å²) in [5.74, 6) is 0.997. The quantitative estimate of drug-likeness (QED) is 0.607. The van der Waals surface area contributed by atoms with Crippen LogP contribution in [0.4, 0.5) is 0 Å². The molecular weight excluding hydrogens is 270 g/mol. The van der Waals surface area contributed by atoms with Gasteiger partial charge in [-0.25, -0.2) is 0 Å². The Hall–Kier alpha value is -0.0800. The van der Waals surface area contributed by atoms with Crippen molar-refractivity contribution in [3.8, 4) is 0 Å². The fraction of sp³-hybridized carbons (Fsp3) is 1.00. The minimum absolute atomic E-state index is 0.364. The molecule has 2 N–H and O–H groups in total. The topological polar surface area (TPSA) is 32.3 Å². The number of aliphatic hydroxyl groups is 1. The van der Waals surface area contributed by atoms with Gasteiger partial charge in [0.05, 0.1) is 0 Å². The molecule has 0 aromatic heterocycles. The molecule has 2 nitrogen and oxygen atoms in total. The molecule has 22 heavy (non-hydrogen) atoms. The van der Waals surface area contributed by atoms with Crippen LogP contribution in [-0.2, 0) is 0 Å². The molecule has 4 atom stereocenters. The molecule has 0 aromatic rings. The molecule has 4 aliphatic carbocycles. The minimum Gasteiger partial charge on any atom is -0.396 e. The normalized spacial score (nSPS) is 43.0. The van der Waals surface area contributed by atoms with Crippen molar-refractivity contribution in [1.29, 1.82) is 0 Å². The first kappa shape index (κ1) is 16.8. The highest BCUT2D eigenvalue weighted by Gasteiger charge is 2.59. The molecule has 4 fully saturated rings. The van der Waals surface area contributed by atoms with Crippen LogP contribution < -0.4 is 5.32 Å². The van der Waals surface area contributed by atoms with Crippen LogP contribution in [0.1, 0.15) is 90.9 Å². The lowest BCUT2D eigenvalue weighted by atomic mass is 9.43. The van der Waals surface area contributed by atoms with E-state index in [2.05, 4.69) is 19.2 Å². The van der Waals surface area contributed by atoms with Gasteiger partial charge in [-0.05, 0) is 74.7 Å². The summed E-state index contributed by atoms with van der Waals surface area (Å²) in [6, 6.07) is 0. The largest absolute Gasteiger partial charge is 0.396 e. The Bertz CT molecular complexity index is 362. The van der Waals surface area contributed by atoms with Gasteiger partial charge in [-0.3, -0.25) is 0 Å². The van der Waals surface area contributed by atoms with Crippen LogP contribution in [0, 0.1) is 16.7 Å². The Morgan fingerprint density at radius 1 is 0.818 bits per heavy atom. The Labute approximate surface area is 137 Å². The molecule has 4 aliphatic rings. The van der Waals surface area contributed by atoms with Crippen LogP contribution in [0.2, 0.25) is 0 Å². The summed E-state index contributed by atoms with van der Waals surface area (Å²) in [5.41, 5.74) is 1.75. The number of nitrogens with one attached hydrogen (secondary N) is 1. The standard InChI is InChI=1S/C20H37NO/c1-18-11-17-12-19(2,14-18)16-20(13-17,15-18)21-9-7-5-3-4-6-8-10-22/h17,21-22H,3-16H2,1-2H3/t17?,18-,19+,20?. The molecule has 0 amide bonds. The van der Waals surface area contributed by atoms with Crippen molar-refractivity contribution in [2.24, 2.45) is 16.7 Å². The predicted octanol–water partition coefficient (Wildman–Crippen LogP) is 4.66. The highest BCUT2D eigenvalue weighted by Crippen LogP contribution is 2.66. The average Bonchev–Trinajstić information content (AvgIpc) is 2.37. The number of unbranched alkanes of at least 4 members (excludes halogenated alkanes) is 5. The molecule has 0 aromatic carbocycles. The molecule has 4 saturated carbocycles. The van der Waals surface area contributed by atoms with E-state index in [1.807, 2.05) is 0 Å². The monoisotopic (exact) mass is 307 g/mol. The van der Waals surface area contributed by atoms with Gasteiger partial charge in [0.2, 0.25) is 0 Å². The number of rotatable bonds is 9. The zero-order valence-electron chi connectivity index (χ0n) is 14.9. The molecule has 128 valence electrons. The summed E-state index contributed by atoms with van der Waals surface area (Å²) in [5, 5.41) is 12.8. The van der Waals surface area contributed by atoms with Crippen molar-refractivity contribution in [2.75, 3.05) is 13.2 Å². The van der Waals surface area contributed by atoms with Crippen molar-refractivity contribution < 1.29 is 5.11 Å². The van der Waals surface area contributed by atoms with Crippen molar-refractivity contribution in [3.63, 3.8) is 0 Å². The van der Waals surface area contributed by atoms with Crippen LogP contribution in [0.25, 0.3) is 0 Å². The summed E-state index contributed by atoms with van der Waals surface area (Å²) in [4.78, 5) is 0. The van der Waals surface area contributed by atoms with E-state index >= 15 is 0 Å². The Morgan fingerprint density at radius 3 is 2.00 bits per heavy atom. The maximum atomic E-state index is 8.79. The first-order valence-corrected chi connectivity index (χ1v) is 9.83. The molecule has 4 bridgehead atoms. The van der Waals surface area contributed by atoms with E-state index in [1.165, 1.54) is 77.2 Å². The summed E-state index contributed by atoms with van der Waals surface area (Å²) in [6.07, 6.45) is 16.3. The lowest BCUT2D eigenvalue weighted by molar-refractivity contribution is -0.117. The van der Waals surface area contributed by atoms with E-state index in [-0.39, 0.29) is 0 Å². The van der Waals surface area contributed by atoms with Gasteiger partial charge in [-0.2, -0.15) is 0 Å². The SMILES string of the molecule is C[C@]12CC3CC(NCCCCCCCCO)(C1)C[C@@](C)(C3)C2. The van der Waals surface area contributed by atoms with Crippen molar-refractivity contribution in [3.05, 3.63) is 0 Å². The smallest absolute Gasteiger partial charge is 0.0431 e. The average molecular weight is 308 g/mol. The van der Waals surface area contributed by atoms with E-state index in [1.54, 1.807) is 0 Å². The first-order valence-electron chi connectivity index (χ1n) is 9.83. The molecule has 2 unspecified atom stereocenters. The fourth-order valence-electron chi connectivity index (χ4n) is 6.94. The van der Waals surface area contributed by atoms with E-state index in [0.717, 1.165) is 12.3 Å². The molecule has 0 spiro atoms. The third-order valence-electron chi connectivity index (χ3n) is 6.71. The van der Waals surface area contributed by atoms with Gasteiger partial charge < -0.3 is 10.4 Å². The van der Waals surface area contributed by atoms with Gasteiger partial charge in [0.15, 0.2) is 0 Å². The Kier molecular flexibility index (Phi) is 4.90.